The molecule has 0 spiro atoms. The lowest BCUT2D eigenvalue weighted by Crippen LogP contribution is -2.00. The molecular formula is C43H28N4. The van der Waals surface area contributed by atoms with Gasteiger partial charge in [0.25, 0.3) is 0 Å². The van der Waals surface area contributed by atoms with Gasteiger partial charge in [0.05, 0.1) is 11.0 Å². The topological polar surface area (TPSA) is 43.6 Å². The Kier molecular flexibility index (Phi) is 6.43. The molecule has 9 aromatic rings. The third-order valence-electron chi connectivity index (χ3n) is 8.85. The van der Waals surface area contributed by atoms with E-state index in [-0.39, 0.29) is 0 Å². The van der Waals surface area contributed by atoms with Crippen molar-refractivity contribution in [3.63, 3.8) is 0 Å². The Hall–Kier alpha value is -6.39. The fourth-order valence-electron chi connectivity index (χ4n) is 6.66. The molecule has 220 valence electrons. The second kappa shape index (κ2) is 11.2. The summed E-state index contributed by atoms with van der Waals surface area (Å²) in [6.07, 6.45) is 0. The van der Waals surface area contributed by atoms with Gasteiger partial charge in [0, 0.05) is 33.2 Å². The average Bonchev–Trinajstić information content (AvgIpc) is 3.51. The molecule has 47 heavy (non-hydrogen) atoms. The molecule has 2 aromatic heterocycles. The summed E-state index contributed by atoms with van der Waals surface area (Å²) in [6, 6.07) is 59.2. The summed E-state index contributed by atoms with van der Waals surface area (Å²) in [5.41, 5.74) is 8.71. The van der Waals surface area contributed by atoms with Gasteiger partial charge >= 0.3 is 0 Å². The molecule has 4 nitrogen and oxygen atoms in total. The normalized spacial score (nSPS) is 11.4. The number of rotatable bonds is 5. The third-order valence-corrected chi connectivity index (χ3v) is 8.85. The van der Waals surface area contributed by atoms with Crippen LogP contribution in [-0.4, -0.2) is 19.5 Å². The highest BCUT2D eigenvalue weighted by molar-refractivity contribution is 6.25. The molecule has 9 rings (SSSR count). The predicted octanol–water partition coefficient (Wildman–Crippen LogP) is 10.8. The maximum atomic E-state index is 4.94. The molecule has 0 fully saturated rings. The Balaban J connectivity index is 1.23. The van der Waals surface area contributed by atoms with Crippen molar-refractivity contribution >= 4 is 32.6 Å². The first-order valence-electron chi connectivity index (χ1n) is 15.8. The Morgan fingerprint density at radius 1 is 0.340 bits per heavy atom. The molecule has 0 radical (unpaired) electrons. The van der Waals surface area contributed by atoms with Crippen LogP contribution < -0.4 is 0 Å². The summed E-state index contributed by atoms with van der Waals surface area (Å²) in [4.78, 5) is 14.7. The smallest absolute Gasteiger partial charge is 0.164 e. The Morgan fingerprint density at radius 3 is 1.49 bits per heavy atom. The van der Waals surface area contributed by atoms with Crippen LogP contribution in [0.4, 0.5) is 0 Å². The number of nitrogens with zero attached hydrogens (tertiary/aromatic N) is 4. The predicted molar refractivity (Wildman–Crippen MR) is 193 cm³/mol. The van der Waals surface area contributed by atoms with E-state index in [1.54, 1.807) is 0 Å². The first kappa shape index (κ1) is 27.0. The lowest BCUT2D eigenvalue weighted by molar-refractivity contribution is 1.07. The van der Waals surface area contributed by atoms with Crippen molar-refractivity contribution in [2.45, 2.75) is 0 Å². The van der Waals surface area contributed by atoms with Crippen LogP contribution >= 0.6 is 0 Å². The van der Waals surface area contributed by atoms with Gasteiger partial charge in [-0.1, -0.05) is 146 Å². The molecule has 0 bridgehead atoms. The summed E-state index contributed by atoms with van der Waals surface area (Å²) in [5.74, 6) is 1.96. The first-order valence-corrected chi connectivity index (χ1v) is 15.8. The van der Waals surface area contributed by atoms with E-state index in [1.807, 2.05) is 60.7 Å². The van der Waals surface area contributed by atoms with E-state index in [1.165, 1.54) is 38.1 Å². The molecule has 0 aliphatic rings. The lowest BCUT2D eigenvalue weighted by atomic mass is 9.96. The quantitative estimate of drug-likeness (QED) is 0.197. The van der Waals surface area contributed by atoms with E-state index in [9.17, 15) is 0 Å². The monoisotopic (exact) mass is 600 g/mol. The number of aromatic nitrogens is 4. The van der Waals surface area contributed by atoms with Gasteiger partial charge in [-0.05, 0) is 46.2 Å². The minimum Gasteiger partial charge on any atom is -0.309 e. The van der Waals surface area contributed by atoms with Gasteiger partial charge < -0.3 is 4.57 Å². The van der Waals surface area contributed by atoms with Crippen LogP contribution in [0.3, 0.4) is 0 Å². The second-order valence-electron chi connectivity index (χ2n) is 11.7. The van der Waals surface area contributed by atoms with E-state index in [4.69, 9.17) is 15.0 Å². The van der Waals surface area contributed by atoms with Gasteiger partial charge in [0.1, 0.15) is 0 Å². The van der Waals surface area contributed by atoms with Crippen molar-refractivity contribution in [2.75, 3.05) is 0 Å². The standard InChI is InChI=1S/C43H28N4/c1-4-14-31(15-5-1)41-44-42(32-16-6-2-7-17-32)46-43(45-41)33-25-23-30(24-26-33)36-21-12-22-37-39(36)40-35-20-11-10-13-29(35)27-28-38(40)47(37)34-18-8-3-9-19-34/h1-28H. The maximum absolute atomic E-state index is 4.94. The molecule has 0 amide bonds. The van der Waals surface area contributed by atoms with Crippen molar-refractivity contribution in [2.24, 2.45) is 0 Å². The highest BCUT2D eigenvalue weighted by Crippen LogP contribution is 2.42. The molecule has 0 saturated heterocycles. The zero-order valence-electron chi connectivity index (χ0n) is 25.5. The maximum Gasteiger partial charge on any atom is 0.164 e. The van der Waals surface area contributed by atoms with Gasteiger partial charge in [-0.15, -0.1) is 0 Å². The van der Waals surface area contributed by atoms with E-state index in [2.05, 4.69) is 114 Å². The number of hydrogen-bond donors (Lipinski definition) is 0. The summed E-state index contributed by atoms with van der Waals surface area (Å²) in [5, 5.41) is 4.99. The summed E-state index contributed by atoms with van der Waals surface area (Å²) >= 11 is 0. The van der Waals surface area contributed by atoms with Crippen molar-refractivity contribution in [1.29, 1.82) is 0 Å². The minimum atomic E-state index is 0.647. The van der Waals surface area contributed by atoms with E-state index in [0.717, 1.165) is 27.9 Å². The lowest BCUT2D eigenvalue weighted by Gasteiger charge is -2.10. The molecule has 0 saturated carbocycles. The zero-order valence-corrected chi connectivity index (χ0v) is 25.5. The first-order chi connectivity index (χ1) is 23.3. The fourth-order valence-corrected chi connectivity index (χ4v) is 6.66. The van der Waals surface area contributed by atoms with Gasteiger partial charge in [0.15, 0.2) is 17.5 Å². The molecule has 0 unspecified atom stereocenters. The zero-order chi connectivity index (χ0) is 31.2. The highest BCUT2D eigenvalue weighted by Gasteiger charge is 2.19. The van der Waals surface area contributed by atoms with Crippen molar-refractivity contribution in [1.82, 2.24) is 19.5 Å². The van der Waals surface area contributed by atoms with Crippen LogP contribution in [0.5, 0.6) is 0 Å². The molecule has 0 N–H and O–H groups in total. The third kappa shape index (κ3) is 4.66. The summed E-state index contributed by atoms with van der Waals surface area (Å²) in [7, 11) is 0. The Labute approximate surface area is 272 Å². The van der Waals surface area contributed by atoms with E-state index in [0.29, 0.717) is 17.5 Å². The Bertz CT molecular complexity index is 2480. The van der Waals surface area contributed by atoms with Crippen LogP contribution in [-0.2, 0) is 0 Å². The van der Waals surface area contributed by atoms with Crippen LogP contribution in [0.25, 0.3) is 83.6 Å². The number of benzene rings is 7. The van der Waals surface area contributed by atoms with E-state index >= 15 is 0 Å². The van der Waals surface area contributed by atoms with Crippen LogP contribution in [0.2, 0.25) is 0 Å². The van der Waals surface area contributed by atoms with Crippen molar-refractivity contribution in [3.8, 4) is 51.0 Å². The summed E-state index contributed by atoms with van der Waals surface area (Å²) < 4.78 is 2.38. The molecule has 4 heteroatoms. The fraction of sp³-hybridized carbons (Fsp3) is 0. The minimum absolute atomic E-state index is 0.647. The summed E-state index contributed by atoms with van der Waals surface area (Å²) in [6.45, 7) is 0. The van der Waals surface area contributed by atoms with Crippen LogP contribution in [0.1, 0.15) is 0 Å². The van der Waals surface area contributed by atoms with Gasteiger partial charge in [-0.25, -0.2) is 15.0 Å². The molecular weight excluding hydrogens is 573 g/mol. The SMILES string of the molecule is c1ccc(-c2nc(-c3ccccc3)nc(-c3ccc(-c4cccc5c4c4c6ccccc6ccc4n5-c4ccccc4)cc3)n2)cc1. The Morgan fingerprint density at radius 2 is 0.851 bits per heavy atom. The molecule has 7 aromatic carbocycles. The van der Waals surface area contributed by atoms with Crippen LogP contribution in [0.15, 0.2) is 170 Å². The number of fused-ring (bicyclic) bond motifs is 5. The van der Waals surface area contributed by atoms with E-state index < -0.39 is 0 Å². The molecule has 2 heterocycles. The molecule has 0 atom stereocenters. The largest absolute Gasteiger partial charge is 0.309 e. The van der Waals surface area contributed by atoms with Gasteiger partial charge in [-0.3, -0.25) is 0 Å². The average molecular weight is 601 g/mol. The van der Waals surface area contributed by atoms with Gasteiger partial charge in [-0.2, -0.15) is 0 Å². The number of para-hydroxylation sites is 1. The molecule has 0 aliphatic carbocycles. The second-order valence-corrected chi connectivity index (χ2v) is 11.7. The molecule has 0 aliphatic heterocycles. The van der Waals surface area contributed by atoms with Gasteiger partial charge in [0.2, 0.25) is 0 Å². The van der Waals surface area contributed by atoms with Crippen LogP contribution in [0, 0.1) is 0 Å². The van der Waals surface area contributed by atoms with Crippen molar-refractivity contribution < 1.29 is 0 Å². The number of hydrogen-bond acceptors (Lipinski definition) is 3. The highest BCUT2D eigenvalue weighted by atomic mass is 15.0. The van der Waals surface area contributed by atoms with Crippen molar-refractivity contribution in [3.05, 3.63) is 170 Å².